The van der Waals surface area contributed by atoms with Gasteiger partial charge < -0.3 is 0 Å². The summed E-state index contributed by atoms with van der Waals surface area (Å²) in [6, 6.07) is 0. The molecule has 9 heavy (non-hydrogen) atoms. The molecule has 1 aliphatic heterocycles. The predicted octanol–water partition coefficient (Wildman–Crippen LogP) is 0.247. The Bertz CT molecular complexity index is 85.0. The van der Waals surface area contributed by atoms with Crippen molar-refractivity contribution in [2.75, 3.05) is 26.3 Å². The molecule has 2 N–H and O–H groups in total. The van der Waals surface area contributed by atoms with Gasteiger partial charge in [0.1, 0.15) is 6.67 Å². The minimum atomic E-state index is -0.234. The van der Waals surface area contributed by atoms with Crippen LogP contribution in [0.2, 0.25) is 0 Å². The third kappa shape index (κ3) is 1.81. The van der Waals surface area contributed by atoms with Crippen molar-refractivity contribution < 1.29 is 4.39 Å². The van der Waals surface area contributed by atoms with E-state index < -0.39 is 0 Å². The quantitative estimate of drug-likeness (QED) is 0.585. The van der Waals surface area contributed by atoms with E-state index in [1.807, 2.05) is 0 Å². The molecule has 0 saturated carbocycles. The highest BCUT2D eigenvalue weighted by Crippen LogP contribution is 2.16. The zero-order valence-corrected chi connectivity index (χ0v) is 6.03. The van der Waals surface area contributed by atoms with Crippen LogP contribution in [0.15, 0.2) is 0 Å². The van der Waals surface area contributed by atoms with Crippen molar-refractivity contribution in [1.29, 1.82) is 0 Å². The molecule has 1 rings (SSSR count). The zero-order valence-electron chi connectivity index (χ0n) is 5.22. The van der Waals surface area contributed by atoms with Crippen molar-refractivity contribution in [2.24, 2.45) is 5.14 Å². The molecule has 4 heteroatoms. The molecule has 1 heterocycles. The van der Waals surface area contributed by atoms with Crippen molar-refractivity contribution in [3.05, 3.63) is 0 Å². The highest BCUT2D eigenvalue weighted by Gasteiger charge is 2.25. The van der Waals surface area contributed by atoms with E-state index in [2.05, 4.69) is 4.90 Å². The van der Waals surface area contributed by atoms with Gasteiger partial charge in [0.25, 0.3) is 0 Å². The maximum absolute atomic E-state index is 11.6. The standard InChI is InChI=1S/C5H11FN2S/c6-1-2-8-3-5(4-8)9-7/h5H,1-4,7H2. The van der Waals surface area contributed by atoms with Crippen molar-refractivity contribution in [3.8, 4) is 0 Å². The minimum absolute atomic E-state index is 0.234. The van der Waals surface area contributed by atoms with Gasteiger partial charge in [-0.1, -0.05) is 11.9 Å². The first-order chi connectivity index (χ1) is 4.36. The van der Waals surface area contributed by atoms with E-state index in [1.165, 1.54) is 11.9 Å². The van der Waals surface area contributed by atoms with Gasteiger partial charge in [-0.2, -0.15) is 0 Å². The Hall–Kier alpha value is 0.200. The number of hydrogen-bond donors (Lipinski definition) is 1. The molecule has 0 aromatic heterocycles. The Labute approximate surface area is 58.7 Å². The number of nitrogens with zero attached hydrogens (tertiary/aromatic N) is 1. The molecule has 0 bridgehead atoms. The molecule has 1 fully saturated rings. The average Bonchev–Trinajstić information content (AvgIpc) is 1.77. The van der Waals surface area contributed by atoms with Crippen molar-refractivity contribution >= 4 is 11.9 Å². The van der Waals surface area contributed by atoms with Crippen LogP contribution in [-0.4, -0.2) is 36.5 Å². The number of likely N-dealkylation sites (tertiary alicyclic amines) is 1. The number of halogens is 1. The molecule has 0 atom stereocenters. The van der Waals surface area contributed by atoms with Gasteiger partial charge >= 0.3 is 0 Å². The Morgan fingerprint density at radius 1 is 1.67 bits per heavy atom. The van der Waals surface area contributed by atoms with Crippen LogP contribution in [-0.2, 0) is 0 Å². The fourth-order valence-electron chi connectivity index (χ4n) is 0.911. The molecule has 54 valence electrons. The fourth-order valence-corrected chi connectivity index (χ4v) is 1.50. The Morgan fingerprint density at radius 3 is 2.78 bits per heavy atom. The van der Waals surface area contributed by atoms with Gasteiger partial charge in [0.15, 0.2) is 0 Å². The van der Waals surface area contributed by atoms with E-state index in [0.717, 1.165) is 13.1 Å². The molecule has 0 unspecified atom stereocenters. The van der Waals surface area contributed by atoms with Crippen molar-refractivity contribution in [1.82, 2.24) is 4.90 Å². The van der Waals surface area contributed by atoms with Crippen molar-refractivity contribution in [3.63, 3.8) is 0 Å². The number of hydrogen-bond acceptors (Lipinski definition) is 3. The van der Waals surface area contributed by atoms with E-state index >= 15 is 0 Å². The lowest BCUT2D eigenvalue weighted by Gasteiger charge is -2.36. The third-order valence-electron chi connectivity index (χ3n) is 1.52. The fraction of sp³-hybridized carbons (Fsp3) is 1.00. The monoisotopic (exact) mass is 150 g/mol. The first kappa shape index (κ1) is 7.31. The molecular weight excluding hydrogens is 139 g/mol. The van der Waals surface area contributed by atoms with Crippen LogP contribution in [0.4, 0.5) is 4.39 Å². The van der Waals surface area contributed by atoms with Crippen LogP contribution < -0.4 is 5.14 Å². The second-order valence-electron chi connectivity index (χ2n) is 2.21. The summed E-state index contributed by atoms with van der Waals surface area (Å²) in [6.45, 7) is 2.27. The largest absolute Gasteiger partial charge is 0.298 e. The van der Waals surface area contributed by atoms with E-state index in [4.69, 9.17) is 5.14 Å². The molecule has 1 saturated heterocycles. The Balaban J connectivity index is 1.98. The van der Waals surface area contributed by atoms with Crippen LogP contribution in [0.25, 0.3) is 0 Å². The molecule has 0 spiro atoms. The third-order valence-corrected chi connectivity index (χ3v) is 2.20. The summed E-state index contributed by atoms with van der Waals surface area (Å²) in [4.78, 5) is 2.06. The van der Waals surface area contributed by atoms with Gasteiger partial charge in [0.05, 0.1) is 0 Å². The molecule has 0 aromatic carbocycles. The first-order valence-electron chi connectivity index (χ1n) is 3.00. The van der Waals surface area contributed by atoms with Gasteiger partial charge in [0.2, 0.25) is 0 Å². The summed E-state index contributed by atoms with van der Waals surface area (Å²) in [5.41, 5.74) is 0. The zero-order chi connectivity index (χ0) is 6.69. The summed E-state index contributed by atoms with van der Waals surface area (Å²) in [6.07, 6.45) is 0. The summed E-state index contributed by atoms with van der Waals surface area (Å²) in [7, 11) is 0. The van der Waals surface area contributed by atoms with Gasteiger partial charge in [-0.15, -0.1) is 0 Å². The second kappa shape index (κ2) is 3.39. The van der Waals surface area contributed by atoms with Gasteiger partial charge in [0, 0.05) is 24.9 Å². The summed E-state index contributed by atoms with van der Waals surface area (Å²) >= 11 is 1.38. The van der Waals surface area contributed by atoms with Gasteiger partial charge in [-0.05, 0) is 0 Å². The molecule has 1 aliphatic rings. The van der Waals surface area contributed by atoms with Crippen molar-refractivity contribution in [2.45, 2.75) is 5.25 Å². The lowest BCUT2D eigenvalue weighted by molar-refractivity contribution is 0.175. The van der Waals surface area contributed by atoms with Gasteiger partial charge in [-0.25, -0.2) is 4.39 Å². The molecule has 0 radical (unpaired) electrons. The topological polar surface area (TPSA) is 29.3 Å². The maximum atomic E-state index is 11.6. The maximum Gasteiger partial charge on any atom is 0.102 e. The summed E-state index contributed by atoms with van der Waals surface area (Å²) in [5, 5.41) is 5.84. The normalized spacial score (nSPS) is 22.0. The summed E-state index contributed by atoms with van der Waals surface area (Å²) in [5.74, 6) is 0. The molecule has 2 nitrogen and oxygen atoms in total. The van der Waals surface area contributed by atoms with Crippen LogP contribution >= 0.6 is 11.9 Å². The second-order valence-corrected chi connectivity index (χ2v) is 3.15. The summed E-state index contributed by atoms with van der Waals surface area (Å²) < 4.78 is 11.6. The molecular formula is C5H11FN2S. The number of alkyl halides is 1. The first-order valence-corrected chi connectivity index (χ1v) is 3.95. The minimum Gasteiger partial charge on any atom is -0.298 e. The Morgan fingerprint density at radius 2 is 2.33 bits per heavy atom. The number of rotatable bonds is 3. The highest BCUT2D eigenvalue weighted by atomic mass is 32.2. The van der Waals surface area contributed by atoms with Crippen LogP contribution in [0.5, 0.6) is 0 Å². The lowest BCUT2D eigenvalue weighted by Crippen LogP contribution is -2.50. The Kier molecular flexibility index (Phi) is 2.75. The smallest absolute Gasteiger partial charge is 0.102 e. The molecule has 0 amide bonds. The molecule has 0 aliphatic carbocycles. The lowest BCUT2D eigenvalue weighted by atomic mass is 10.2. The van der Waals surface area contributed by atoms with Crippen LogP contribution in [0.3, 0.4) is 0 Å². The SMILES string of the molecule is NSC1CN(CCF)C1. The highest BCUT2D eigenvalue weighted by molar-refractivity contribution is 7.97. The van der Waals surface area contributed by atoms with E-state index in [1.54, 1.807) is 0 Å². The number of nitrogens with two attached hydrogens (primary N) is 1. The van der Waals surface area contributed by atoms with E-state index in [-0.39, 0.29) is 6.67 Å². The van der Waals surface area contributed by atoms with Gasteiger partial charge in [-0.3, -0.25) is 10.0 Å². The molecule has 0 aromatic rings. The van der Waals surface area contributed by atoms with Crippen LogP contribution in [0.1, 0.15) is 0 Å². The van der Waals surface area contributed by atoms with E-state index in [9.17, 15) is 4.39 Å². The predicted molar refractivity (Wildman–Crippen MR) is 38.0 cm³/mol. The van der Waals surface area contributed by atoms with E-state index in [0.29, 0.717) is 11.8 Å². The average molecular weight is 150 g/mol. The van der Waals surface area contributed by atoms with Crippen LogP contribution in [0, 0.1) is 0 Å².